The third kappa shape index (κ3) is 4.07. The van der Waals surface area contributed by atoms with Gasteiger partial charge in [-0.05, 0) is 54.4 Å². The Hall–Kier alpha value is -3.24. The molecule has 5 rings (SSSR count). The SMILES string of the molecule is CN1CCc2ccc(Nc3ncc4c(=N)n(-c5c(Cl)cc(CO)cc5Cl)c(=O)[nH]c4n3)cc2C1. The minimum absolute atomic E-state index is 0.136. The summed E-state index contributed by atoms with van der Waals surface area (Å²) in [6.45, 7) is 1.67. The number of aromatic nitrogens is 4. The predicted octanol–water partition coefficient (Wildman–Crippen LogP) is 3.12. The van der Waals surface area contributed by atoms with Gasteiger partial charge in [0.2, 0.25) is 5.95 Å². The van der Waals surface area contributed by atoms with E-state index in [0.29, 0.717) is 16.9 Å². The lowest BCUT2D eigenvalue weighted by Gasteiger charge is -2.25. The molecule has 0 atom stereocenters. The molecule has 1 aliphatic heterocycles. The van der Waals surface area contributed by atoms with Crippen LogP contribution in [-0.4, -0.2) is 43.1 Å². The molecule has 0 unspecified atom stereocenters. The Bertz CT molecular complexity index is 1520. The number of hydrogen-bond donors (Lipinski definition) is 4. The van der Waals surface area contributed by atoms with Gasteiger partial charge in [-0.3, -0.25) is 10.4 Å². The zero-order chi connectivity index (χ0) is 24.0. The fourth-order valence-corrected chi connectivity index (χ4v) is 4.83. The van der Waals surface area contributed by atoms with Gasteiger partial charge in [0, 0.05) is 25.0 Å². The van der Waals surface area contributed by atoms with Crippen LogP contribution >= 0.6 is 23.2 Å². The number of anilines is 2. The lowest BCUT2D eigenvalue weighted by molar-refractivity contribution is 0.282. The van der Waals surface area contributed by atoms with E-state index in [1.54, 1.807) is 0 Å². The molecule has 0 bridgehead atoms. The Kier molecular flexibility index (Phi) is 5.86. The van der Waals surface area contributed by atoms with E-state index in [1.807, 2.05) is 6.07 Å². The Morgan fingerprint density at radius 2 is 1.97 bits per heavy atom. The van der Waals surface area contributed by atoms with Crippen molar-refractivity contribution in [3.63, 3.8) is 0 Å². The summed E-state index contributed by atoms with van der Waals surface area (Å²) in [5, 5.41) is 21.7. The van der Waals surface area contributed by atoms with Crippen LogP contribution in [0.15, 0.2) is 41.3 Å². The maximum absolute atomic E-state index is 12.9. The predicted molar refractivity (Wildman–Crippen MR) is 131 cm³/mol. The molecule has 174 valence electrons. The molecular weight excluding hydrogens is 477 g/mol. The monoisotopic (exact) mass is 497 g/mol. The van der Waals surface area contributed by atoms with Crippen molar-refractivity contribution in [1.82, 2.24) is 24.4 Å². The van der Waals surface area contributed by atoms with E-state index in [-0.39, 0.29) is 33.5 Å². The fourth-order valence-electron chi connectivity index (χ4n) is 4.13. The molecule has 1 aliphatic rings. The normalized spacial score (nSPS) is 13.8. The van der Waals surface area contributed by atoms with Crippen molar-refractivity contribution in [3.8, 4) is 5.69 Å². The van der Waals surface area contributed by atoms with Gasteiger partial charge in [-0.25, -0.2) is 14.3 Å². The molecule has 11 heteroatoms. The summed E-state index contributed by atoms with van der Waals surface area (Å²) in [6, 6.07) is 9.16. The molecular formula is C23H21Cl2N7O2. The third-order valence-electron chi connectivity index (χ3n) is 5.84. The number of aliphatic hydroxyl groups excluding tert-OH is 1. The topological polar surface area (TPSA) is 123 Å². The van der Waals surface area contributed by atoms with Gasteiger partial charge >= 0.3 is 5.69 Å². The van der Waals surface area contributed by atoms with Gasteiger partial charge in [-0.15, -0.1) is 0 Å². The number of likely N-dealkylation sites (N-methyl/N-ethyl adjacent to an activating group) is 1. The first-order valence-electron chi connectivity index (χ1n) is 10.6. The first-order valence-corrected chi connectivity index (χ1v) is 11.3. The number of aromatic amines is 1. The maximum atomic E-state index is 12.9. The molecule has 2 aromatic heterocycles. The summed E-state index contributed by atoms with van der Waals surface area (Å²) in [7, 11) is 2.10. The van der Waals surface area contributed by atoms with Gasteiger partial charge in [0.25, 0.3) is 0 Å². The van der Waals surface area contributed by atoms with Gasteiger partial charge in [0.15, 0.2) is 5.65 Å². The van der Waals surface area contributed by atoms with Gasteiger partial charge in [0.1, 0.15) is 5.49 Å². The summed E-state index contributed by atoms with van der Waals surface area (Å²) < 4.78 is 1.06. The van der Waals surface area contributed by atoms with Crippen LogP contribution in [-0.2, 0) is 19.6 Å². The molecule has 2 aromatic carbocycles. The average Bonchev–Trinajstić information content (AvgIpc) is 2.80. The number of aliphatic hydroxyl groups is 1. The van der Waals surface area contributed by atoms with E-state index in [4.69, 9.17) is 28.6 Å². The van der Waals surface area contributed by atoms with E-state index < -0.39 is 5.69 Å². The standard InChI is InChI=1S/C23H21Cl2N7O2/c1-31-5-4-13-2-3-15(8-14(13)10-31)28-22-27-9-16-20(26)32(23(34)30-21(16)29-22)19-17(24)6-12(11-33)7-18(19)25/h2-3,6-9,26,33H,4-5,10-11H2,1H3,(H2,27,28,29,30,34). The second kappa shape index (κ2) is 8.84. The van der Waals surface area contributed by atoms with E-state index in [1.165, 1.54) is 29.5 Å². The molecule has 4 N–H and O–H groups in total. The summed E-state index contributed by atoms with van der Waals surface area (Å²) in [5.41, 5.74) is 3.49. The van der Waals surface area contributed by atoms with E-state index in [2.05, 4.69) is 44.3 Å². The fraction of sp³-hybridized carbons (Fsp3) is 0.217. The highest BCUT2D eigenvalue weighted by atomic mass is 35.5. The largest absolute Gasteiger partial charge is 0.392 e. The summed E-state index contributed by atoms with van der Waals surface area (Å²) in [6.07, 6.45) is 2.48. The van der Waals surface area contributed by atoms with E-state index in [9.17, 15) is 9.90 Å². The number of nitrogens with zero attached hydrogens (tertiary/aromatic N) is 4. The van der Waals surface area contributed by atoms with Gasteiger partial charge in [-0.1, -0.05) is 29.3 Å². The minimum Gasteiger partial charge on any atom is -0.392 e. The molecule has 0 spiro atoms. The molecule has 0 radical (unpaired) electrons. The molecule has 3 heterocycles. The lowest BCUT2D eigenvalue weighted by atomic mass is 9.99. The Labute approximate surface area is 204 Å². The Morgan fingerprint density at radius 3 is 2.71 bits per heavy atom. The van der Waals surface area contributed by atoms with Gasteiger partial charge in [0.05, 0.1) is 27.7 Å². The summed E-state index contributed by atoms with van der Waals surface area (Å²) in [4.78, 5) is 26.6. The van der Waals surface area contributed by atoms with E-state index in [0.717, 1.165) is 29.8 Å². The number of hydrogen-bond acceptors (Lipinski definition) is 7. The molecule has 9 nitrogen and oxygen atoms in total. The molecule has 0 saturated heterocycles. The van der Waals surface area contributed by atoms with Crippen LogP contribution in [0.2, 0.25) is 10.0 Å². The summed E-state index contributed by atoms with van der Waals surface area (Å²) in [5.74, 6) is 0.299. The first kappa shape index (κ1) is 22.5. The highest BCUT2D eigenvalue weighted by Gasteiger charge is 2.17. The highest BCUT2D eigenvalue weighted by molar-refractivity contribution is 6.37. The van der Waals surface area contributed by atoms with Crippen molar-refractivity contribution < 1.29 is 5.11 Å². The van der Waals surface area contributed by atoms with Gasteiger partial charge < -0.3 is 15.3 Å². The average molecular weight is 498 g/mol. The van der Waals surface area contributed by atoms with Crippen molar-refractivity contribution in [3.05, 3.63) is 79.2 Å². The second-order valence-corrected chi connectivity index (χ2v) is 9.05. The van der Waals surface area contributed by atoms with Crippen LogP contribution in [0, 0.1) is 5.41 Å². The lowest BCUT2D eigenvalue weighted by Crippen LogP contribution is -2.34. The van der Waals surface area contributed by atoms with Crippen LogP contribution in [0.4, 0.5) is 11.6 Å². The number of rotatable bonds is 4. The highest BCUT2D eigenvalue weighted by Crippen LogP contribution is 2.29. The van der Waals surface area contributed by atoms with Crippen LogP contribution in [0.3, 0.4) is 0 Å². The zero-order valence-electron chi connectivity index (χ0n) is 18.2. The molecule has 4 aromatic rings. The minimum atomic E-state index is -0.625. The Morgan fingerprint density at radius 1 is 1.21 bits per heavy atom. The second-order valence-electron chi connectivity index (χ2n) is 8.23. The molecule has 0 fully saturated rings. The van der Waals surface area contributed by atoms with Crippen LogP contribution in [0.5, 0.6) is 0 Å². The van der Waals surface area contributed by atoms with Crippen molar-refractivity contribution in [2.24, 2.45) is 0 Å². The van der Waals surface area contributed by atoms with Crippen molar-refractivity contribution in [1.29, 1.82) is 5.41 Å². The van der Waals surface area contributed by atoms with Gasteiger partial charge in [-0.2, -0.15) is 4.98 Å². The number of halogens is 2. The van der Waals surface area contributed by atoms with E-state index >= 15 is 0 Å². The van der Waals surface area contributed by atoms with Crippen LogP contribution in [0.25, 0.3) is 16.7 Å². The molecule has 0 amide bonds. The maximum Gasteiger partial charge on any atom is 0.333 e. The van der Waals surface area contributed by atoms with Crippen LogP contribution < -0.4 is 16.5 Å². The molecule has 0 saturated carbocycles. The van der Waals surface area contributed by atoms with Crippen LogP contribution in [0.1, 0.15) is 16.7 Å². The number of benzene rings is 2. The smallest absolute Gasteiger partial charge is 0.333 e. The van der Waals surface area contributed by atoms with Crippen molar-refractivity contribution in [2.75, 3.05) is 18.9 Å². The van der Waals surface area contributed by atoms with Crippen molar-refractivity contribution in [2.45, 2.75) is 19.6 Å². The number of fused-ring (bicyclic) bond motifs is 2. The Balaban J connectivity index is 1.53. The van der Waals surface area contributed by atoms with Crippen molar-refractivity contribution >= 4 is 45.9 Å². The summed E-state index contributed by atoms with van der Waals surface area (Å²) >= 11 is 12.6. The first-order chi connectivity index (χ1) is 16.3. The number of nitrogens with one attached hydrogen (secondary N) is 3. The zero-order valence-corrected chi connectivity index (χ0v) is 19.7. The number of H-pyrrole nitrogens is 1. The molecule has 0 aliphatic carbocycles. The quantitative estimate of drug-likeness (QED) is 0.343. The molecule has 34 heavy (non-hydrogen) atoms. The third-order valence-corrected chi connectivity index (χ3v) is 6.42.